The summed E-state index contributed by atoms with van der Waals surface area (Å²) in [4.78, 5) is 25.7. The standard InChI is InChI=1S/C19H29NO4/c1-4-16(3)20(14-13-19(22)23-5-2)18(21)12-9-15-24-17-10-7-6-8-11-17/h6-8,10-11,16H,4-5,9,12-15H2,1-3H3. The summed E-state index contributed by atoms with van der Waals surface area (Å²) in [5.74, 6) is 0.613. The van der Waals surface area contributed by atoms with Crippen molar-refractivity contribution in [1.82, 2.24) is 4.90 Å². The Morgan fingerprint density at radius 2 is 1.83 bits per heavy atom. The molecule has 5 nitrogen and oxygen atoms in total. The molecule has 1 amide bonds. The van der Waals surface area contributed by atoms with E-state index in [1.807, 2.05) is 44.2 Å². The van der Waals surface area contributed by atoms with Gasteiger partial charge in [-0.3, -0.25) is 9.59 Å². The van der Waals surface area contributed by atoms with Gasteiger partial charge in [0.2, 0.25) is 5.91 Å². The second-order valence-electron chi connectivity index (χ2n) is 5.66. The Hall–Kier alpha value is -2.04. The van der Waals surface area contributed by atoms with Gasteiger partial charge in [-0.15, -0.1) is 0 Å². The van der Waals surface area contributed by atoms with Crippen molar-refractivity contribution in [1.29, 1.82) is 0 Å². The fourth-order valence-corrected chi connectivity index (χ4v) is 2.33. The van der Waals surface area contributed by atoms with Gasteiger partial charge in [-0.25, -0.2) is 0 Å². The van der Waals surface area contributed by atoms with Gasteiger partial charge in [0.15, 0.2) is 0 Å². The molecule has 1 aromatic rings. The number of esters is 1. The maximum Gasteiger partial charge on any atom is 0.307 e. The predicted molar refractivity (Wildman–Crippen MR) is 93.9 cm³/mol. The monoisotopic (exact) mass is 335 g/mol. The number of hydrogen-bond acceptors (Lipinski definition) is 4. The average molecular weight is 335 g/mol. The summed E-state index contributed by atoms with van der Waals surface area (Å²) in [6.07, 6.45) is 2.17. The smallest absolute Gasteiger partial charge is 0.307 e. The van der Waals surface area contributed by atoms with E-state index in [4.69, 9.17) is 9.47 Å². The van der Waals surface area contributed by atoms with Gasteiger partial charge in [-0.1, -0.05) is 25.1 Å². The maximum atomic E-state index is 12.4. The Morgan fingerprint density at radius 1 is 1.12 bits per heavy atom. The molecule has 5 heteroatoms. The van der Waals surface area contributed by atoms with Crippen LogP contribution in [-0.2, 0) is 14.3 Å². The van der Waals surface area contributed by atoms with Crippen LogP contribution in [0.5, 0.6) is 5.75 Å². The van der Waals surface area contributed by atoms with Crippen LogP contribution >= 0.6 is 0 Å². The minimum absolute atomic E-state index is 0.0605. The topological polar surface area (TPSA) is 55.8 Å². The van der Waals surface area contributed by atoms with Crippen LogP contribution in [0.15, 0.2) is 30.3 Å². The molecule has 0 bridgehead atoms. The highest BCUT2D eigenvalue weighted by Gasteiger charge is 2.19. The molecular formula is C19H29NO4. The molecule has 0 radical (unpaired) electrons. The van der Waals surface area contributed by atoms with Crippen LogP contribution in [0, 0.1) is 0 Å². The average Bonchev–Trinajstić information content (AvgIpc) is 2.59. The SMILES string of the molecule is CCOC(=O)CCN(C(=O)CCCOc1ccccc1)C(C)CC. The van der Waals surface area contributed by atoms with E-state index in [0.29, 0.717) is 32.6 Å². The summed E-state index contributed by atoms with van der Waals surface area (Å²) in [7, 11) is 0. The fraction of sp³-hybridized carbons (Fsp3) is 0.579. The second kappa shape index (κ2) is 11.5. The molecule has 0 aliphatic heterocycles. The Kier molecular flexibility index (Phi) is 9.58. The summed E-state index contributed by atoms with van der Waals surface area (Å²) in [5.41, 5.74) is 0. The quantitative estimate of drug-likeness (QED) is 0.459. The highest BCUT2D eigenvalue weighted by atomic mass is 16.5. The molecule has 24 heavy (non-hydrogen) atoms. The maximum absolute atomic E-state index is 12.4. The Bertz CT molecular complexity index is 489. The molecule has 0 aromatic heterocycles. The minimum Gasteiger partial charge on any atom is -0.494 e. The number of carbonyl (C=O) groups excluding carboxylic acids is 2. The first-order valence-corrected chi connectivity index (χ1v) is 8.71. The van der Waals surface area contributed by atoms with Crippen LogP contribution < -0.4 is 4.74 Å². The van der Waals surface area contributed by atoms with Crippen molar-refractivity contribution >= 4 is 11.9 Å². The number of nitrogens with zero attached hydrogens (tertiary/aromatic N) is 1. The summed E-state index contributed by atoms with van der Waals surface area (Å²) < 4.78 is 10.5. The van der Waals surface area contributed by atoms with Crippen LogP contribution in [0.2, 0.25) is 0 Å². The third-order valence-corrected chi connectivity index (χ3v) is 3.85. The Labute approximate surface area is 144 Å². The molecule has 0 fully saturated rings. The van der Waals surface area contributed by atoms with Crippen molar-refractivity contribution in [2.75, 3.05) is 19.8 Å². The van der Waals surface area contributed by atoms with E-state index in [1.165, 1.54) is 0 Å². The minimum atomic E-state index is -0.258. The molecule has 1 aromatic carbocycles. The van der Waals surface area contributed by atoms with E-state index in [9.17, 15) is 9.59 Å². The van der Waals surface area contributed by atoms with E-state index in [1.54, 1.807) is 11.8 Å². The lowest BCUT2D eigenvalue weighted by Crippen LogP contribution is -2.40. The largest absolute Gasteiger partial charge is 0.494 e. The highest BCUT2D eigenvalue weighted by molar-refractivity contribution is 5.77. The summed E-state index contributed by atoms with van der Waals surface area (Å²) in [6, 6.07) is 9.67. The lowest BCUT2D eigenvalue weighted by atomic mass is 10.1. The zero-order valence-electron chi connectivity index (χ0n) is 15.0. The van der Waals surface area contributed by atoms with Gasteiger partial charge in [-0.05, 0) is 38.8 Å². The predicted octanol–water partition coefficient (Wildman–Crippen LogP) is 3.43. The van der Waals surface area contributed by atoms with Gasteiger partial charge < -0.3 is 14.4 Å². The van der Waals surface area contributed by atoms with Crippen molar-refractivity contribution in [3.63, 3.8) is 0 Å². The van der Waals surface area contributed by atoms with Crippen LogP contribution in [0.4, 0.5) is 0 Å². The summed E-state index contributed by atoms with van der Waals surface area (Å²) in [6.45, 7) is 7.10. The third-order valence-electron chi connectivity index (χ3n) is 3.85. The molecule has 0 spiro atoms. The van der Waals surface area contributed by atoms with Gasteiger partial charge in [0.05, 0.1) is 19.6 Å². The summed E-state index contributed by atoms with van der Waals surface area (Å²) >= 11 is 0. The number of benzene rings is 1. The molecule has 0 saturated carbocycles. The molecule has 1 rings (SSSR count). The van der Waals surface area contributed by atoms with Gasteiger partial charge in [-0.2, -0.15) is 0 Å². The second-order valence-corrected chi connectivity index (χ2v) is 5.66. The molecule has 0 saturated heterocycles. The van der Waals surface area contributed by atoms with E-state index >= 15 is 0 Å². The molecular weight excluding hydrogens is 306 g/mol. The van der Waals surface area contributed by atoms with E-state index in [0.717, 1.165) is 12.2 Å². The van der Waals surface area contributed by atoms with Gasteiger partial charge in [0.1, 0.15) is 5.75 Å². The molecule has 0 heterocycles. The van der Waals surface area contributed by atoms with Crippen molar-refractivity contribution in [2.45, 2.75) is 52.5 Å². The lowest BCUT2D eigenvalue weighted by molar-refractivity contribution is -0.144. The first-order chi connectivity index (χ1) is 11.6. The third kappa shape index (κ3) is 7.49. The first-order valence-electron chi connectivity index (χ1n) is 8.71. The first kappa shape index (κ1) is 20.0. The Morgan fingerprint density at radius 3 is 2.46 bits per heavy atom. The summed E-state index contributed by atoms with van der Waals surface area (Å²) in [5, 5.41) is 0. The molecule has 1 unspecified atom stereocenters. The van der Waals surface area contributed by atoms with Crippen molar-refractivity contribution in [3.8, 4) is 5.75 Å². The normalized spacial score (nSPS) is 11.6. The molecule has 0 aliphatic rings. The van der Waals surface area contributed by atoms with Crippen LogP contribution in [0.3, 0.4) is 0 Å². The van der Waals surface area contributed by atoms with Gasteiger partial charge in [0, 0.05) is 19.0 Å². The van der Waals surface area contributed by atoms with Crippen LogP contribution in [-0.4, -0.2) is 42.6 Å². The highest BCUT2D eigenvalue weighted by Crippen LogP contribution is 2.11. The van der Waals surface area contributed by atoms with Gasteiger partial charge in [0.25, 0.3) is 0 Å². The number of amides is 1. The number of carbonyl (C=O) groups is 2. The number of rotatable bonds is 11. The lowest BCUT2D eigenvalue weighted by Gasteiger charge is -2.28. The van der Waals surface area contributed by atoms with Gasteiger partial charge >= 0.3 is 5.97 Å². The van der Waals surface area contributed by atoms with E-state index in [-0.39, 0.29) is 24.3 Å². The van der Waals surface area contributed by atoms with Crippen molar-refractivity contribution in [2.24, 2.45) is 0 Å². The number of ether oxygens (including phenoxy) is 2. The van der Waals surface area contributed by atoms with E-state index in [2.05, 4.69) is 0 Å². The number of para-hydroxylation sites is 1. The van der Waals surface area contributed by atoms with Crippen molar-refractivity contribution in [3.05, 3.63) is 30.3 Å². The molecule has 134 valence electrons. The molecule has 0 aliphatic carbocycles. The Balaban J connectivity index is 2.39. The van der Waals surface area contributed by atoms with Crippen LogP contribution in [0.25, 0.3) is 0 Å². The molecule has 1 atom stereocenters. The fourth-order valence-electron chi connectivity index (χ4n) is 2.33. The zero-order valence-corrected chi connectivity index (χ0v) is 15.0. The zero-order chi connectivity index (χ0) is 17.8. The van der Waals surface area contributed by atoms with Crippen LogP contribution in [0.1, 0.15) is 46.5 Å². The number of hydrogen-bond donors (Lipinski definition) is 0. The van der Waals surface area contributed by atoms with E-state index < -0.39 is 0 Å². The van der Waals surface area contributed by atoms with Crippen molar-refractivity contribution < 1.29 is 19.1 Å². The molecule has 0 N–H and O–H groups in total.